The number of thiophene rings is 1. The van der Waals surface area contributed by atoms with Crippen LogP contribution in [0.2, 0.25) is 0 Å². The molecule has 2 heterocycles. The standard InChI is InChI=1S/C7H10N2S/c8-7-6-1-2-9-3-5(6)4-10-7/h4,9H,1-3,8H2. The number of anilines is 1. The van der Waals surface area contributed by atoms with Crippen LogP contribution in [0.1, 0.15) is 11.1 Å². The molecule has 10 heavy (non-hydrogen) atoms. The van der Waals surface area contributed by atoms with E-state index in [0.29, 0.717) is 0 Å². The molecule has 0 amide bonds. The van der Waals surface area contributed by atoms with Gasteiger partial charge in [0.05, 0.1) is 5.00 Å². The van der Waals surface area contributed by atoms with E-state index in [1.807, 2.05) is 0 Å². The molecule has 3 heteroatoms. The lowest BCUT2D eigenvalue weighted by atomic mass is 10.1. The number of nitrogen functional groups attached to an aromatic ring is 1. The Morgan fingerprint density at radius 3 is 3.30 bits per heavy atom. The number of fused-ring (bicyclic) bond motifs is 1. The van der Waals surface area contributed by atoms with Crippen LogP contribution in [-0.4, -0.2) is 6.54 Å². The van der Waals surface area contributed by atoms with Crippen molar-refractivity contribution in [2.75, 3.05) is 12.3 Å². The van der Waals surface area contributed by atoms with Crippen LogP contribution < -0.4 is 11.1 Å². The van der Waals surface area contributed by atoms with Gasteiger partial charge in [0.15, 0.2) is 0 Å². The summed E-state index contributed by atoms with van der Waals surface area (Å²) in [7, 11) is 0. The third-order valence-electron chi connectivity index (χ3n) is 1.88. The van der Waals surface area contributed by atoms with Gasteiger partial charge in [-0.3, -0.25) is 0 Å². The quantitative estimate of drug-likeness (QED) is 0.584. The highest BCUT2D eigenvalue weighted by molar-refractivity contribution is 7.14. The van der Waals surface area contributed by atoms with Crippen LogP contribution in [0.5, 0.6) is 0 Å². The highest BCUT2D eigenvalue weighted by Gasteiger charge is 2.12. The van der Waals surface area contributed by atoms with Crippen LogP contribution >= 0.6 is 11.3 Å². The van der Waals surface area contributed by atoms with Crippen LogP contribution in [0.3, 0.4) is 0 Å². The molecule has 2 nitrogen and oxygen atoms in total. The van der Waals surface area contributed by atoms with Crippen molar-refractivity contribution in [2.45, 2.75) is 13.0 Å². The largest absolute Gasteiger partial charge is 0.390 e. The maximum Gasteiger partial charge on any atom is 0.0892 e. The van der Waals surface area contributed by atoms with E-state index in [4.69, 9.17) is 5.73 Å². The smallest absolute Gasteiger partial charge is 0.0892 e. The van der Waals surface area contributed by atoms with Gasteiger partial charge in [0.1, 0.15) is 0 Å². The minimum atomic E-state index is 1.00. The zero-order valence-electron chi connectivity index (χ0n) is 5.68. The minimum absolute atomic E-state index is 1.00. The van der Waals surface area contributed by atoms with Crippen molar-refractivity contribution in [1.29, 1.82) is 0 Å². The molecule has 0 saturated carbocycles. The van der Waals surface area contributed by atoms with E-state index in [9.17, 15) is 0 Å². The zero-order valence-corrected chi connectivity index (χ0v) is 6.50. The molecule has 0 fully saturated rings. The Balaban J connectivity index is 2.45. The Bertz CT molecular complexity index is 242. The first-order valence-electron chi connectivity index (χ1n) is 3.43. The van der Waals surface area contributed by atoms with Gasteiger partial charge in [-0.15, -0.1) is 11.3 Å². The lowest BCUT2D eigenvalue weighted by Crippen LogP contribution is -2.22. The molecular formula is C7H10N2S. The molecular weight excluding hydrogens is 144 g/mol. The first kappa shape index (κ1) is 6.19. The Hall–Kier alpha value is -0.540. The van der Waals surface area contributed by atoms with Crippen LogP contribution in [0, 0.1) is 0 Å². The topological polar surface area (TPSA) is 38.0 Å². The Kier molecular flexibility index (Phi) is 1.39. The van der Waals surface area contributed by atoms with E-state index in [0.717, 1.165) is 24.5 Å². The van der Waals surface area contributed by atoms with Crippen molar-refractivity contribution in [3.05, 3.63) is 16.5 Å². The summed E-state index contributed by atoms with van der Waals surface area (Å²) in [4.78, 5) is 0. The molecule has 0 saturated heterocycles. The number of hydrogen-bond acceptors (Lipinski definition) is 3. The lowest BCUT2D eigenvalue weighted by molar-refractivity contribution is 0.648. The van der Waals surface area contributed by atoms with E-state index in [-0.39, 0.29) is 0 Å². The van der Waals surface area contributed by atoms with Crippen molar-refractivity contribution in [3.63, 3.8) is 0 Å². The number of nitrogens with one attached hydrogen (secondary N) is 1. The summed E-state index contributed by atoms with van der Waals surface area (Å²) in [6.45, 7) is 2.08. The van der Waals surface area contributed by atoms with Gasteiger partial charge in [0, 0.05) is 6.54 Å². The summed E-state index contributed by atoms with van der Waals surface area (Å²) in [5.41, 5.74) is 8.53. The number of nitrogens with two attached hydrogens (primary N) is 1. The van der Waals surface area contributed by atoms with Crippen molar-refractivity contribution < 1.29 is 0 Å². The second kappa shape index (κ2) is 2.25. The van der Waals surface area contributed by atoms with Crippen molar-refractivity contribution in [1.82, 2.24) is 5.32 Å². The van der Waals surface area contributed by atoms with Crippen LogP contribution in [0.25, 0.3) is 0 Å². The second-order valence-corrected chi connectivity index (χ2v) is 3.44. The fraction of sp³-hybridized carbons (Fsp3) is 0.429. The average Bonchev–Trinajstić information content (AvgIpc) is 2.34. The van der Waals surface area contributed by atoms with Crippen molar-refractivity contribution in [2.24, 2.45) is 0 Å². The highest BCUT2D eigenvalue weighted by atomic mass is 32.1. The molecule has 54 valence electrons. The molecule has 1 aromatic heterocycles. The average molecular weight is 154 g/mol. The van der Waals surface area contributed by atoms with Gasteiger partial charge in [-0.05, 0) is 29.5 Å². The van der Waals surface area contributed by atoms with E-state index < -0.39 is 0 Å². The van der Waals surface area contributed by atoms with Gasteiger partial charge in [-0.1, -0.05) is 0 Å². The van der Waals surface area contributed by atoms with E-state index in [1.54, 1.807) is 11.3 Å². The second-order valence-electron chi connectivity index (χ2n) is 2.53. The summed E-state index contributed by atoms with van der Waals surface area (Å²) in [5, 5.41) is 6.47. The molecule has 0 radical (unpaired) electrons. The molecule has 0 bridgehead atoms. The van der Waals surface area contributed by atoms with Crippen molar-refractivity contribution >= 4 is 16.3 Å². The predicted molar refractivity (Wildman–Crippen MR) is 44.1 cm³/mol. The molecule has 1 aliphatic heterocycles. The molecule has 1 aliphatic rings. The molecule has 0 aromatic carbocycles. The fourth-order valence-corrected chi connectivity index (χ4v) is 2.17. The maximum atomic E-state index is 5.75. The van der Waals surface area contributed by atoms with Gasteiger partial charge < -0.3 is 11.1 Å². The molecule has 0 unspecified atom stereocenters. The Labute approximate surface area is 64.1 Å². The SMILES string of the molecule is Nc1scc2c1CCNC2. The minimum Gasteiger partial charge on any atom is -0.390 e. The van der Waals surface area contributed by atoms with Gasteiger partial charge in [0.25, 0.3) is 0 Å². The van der Waals surface area contributed by atoms with Crippen LogP contribution in [-0.2, 0) is 13.0 Å². The van der Waals surface area contributed by atoms with Gasteiger partial charge >= 0.3 is 0 Å². The summed E-state index contributed by atoms with van der Waals surface area (Å²) in [6, 6.07) is 0. The monoisotopic (exact) mass is 154 g/mol. The first-order valence-corrected chi connectivity index (χ1v) is 4.31. The van der Waals surface area contributed by atoms with Crippen LogP contribution in [0.15, 0.2) is 5.38 Å². The molecule has 0 atom stereocenters. The summed E-state index contributed by atoms with van der Waals surface area (Å²) in [6.07, 6.45) is 1.10. The van der Waals surface area contributed by atoms with Crippen LogP contribution in [0.4, 0.5) is 5.00 Å². The Morgan fingerprint density at radius 2 is 2.50 bits per heavy atom. The van der Waals surface area contributed by atoms with Gasteiger partial charge in [-0.2, -0.15) is 0 Å². The predicted octanol–water partition coefficient (Wildman–Crippen LogP) is 0.976. The van der Waals surface area contributed by atoms with E-state index in [1.165, 1.54) is 11.1 Å². The molecule has 0 aliphatic carbocycles. The molecule has 2 rings (SSSR count). The first-order chi connectivity index (χ1) is 4.88. The Morgan fingerprint density at radius 1 is 1.60 bits per heavy atom. The number of rotatable bonds is 0. The zero-order chi connectivity index (χ0) is 6.97. The normalized spacial score (nSPS) is 16.8. The number of hydrogen-bond donors (Lipinski definition) is 2. The summed E-state index contributed by atoms with van der Waals surface area (Å²) >= 11 is 1.66. The third-order valence-corrected chi connectivity index (χ3v) is 2.78. The van der Waals surface area contributed by atoms with E-state index >= 15 is 0 Å². The molecule has 0 spiro atoms. The third kappa shape index (κ3) is 0.822. The van der Waals surface area contributed by atoms with E-state index in [2.05, 4.69) is 10.7 Å². The lowest BCUT2D eigenvalue weighted by Gasteiger charge is -2.12. The van der Waals surface area contributed by atoms with Gasteiger partial charge in [-0.25, -0.2) is 0 Å². The summed E-state index contributed by atoms with van der Waals surface area (Å²) < 4.78 is 0. The molecule has 3 N–H and O–H groups in total. The highest BCUT2D eigenvalue weighted by Crippen LogP contribution is 2.26. The maximum absolute atomic E-state index is 5.75. The fourth-order valence-electron chi connectivity index (χ4n) is 1.30. The summed E-state index contributed by atoms with van der Waals surface area (Å²) in [5.74, 6) is 0. The van der Waals surface area contributed by atoms with Crippen molar-refractivity contribution in [3.8, 4) is 0 Å². The van der Waals surface area contributed by atoms with Gasteiger partial charge in [0.2, 0.25) is 0 Å². The molecule has 1 aromatic rings.